The quantitative estimate of drug-likeness (QED) is 0.857. The highest BCUT2D eigenvalue weighted by atomic mass is 32.2. The fourth-order valence-corrected chi connectivity index (χ4v) is 3.73. The number of hydrogen-bond donors (Lipinski definition) is 1. The molecule has 0 radical (unpaired) electrons. The zero-order chi connectivity index (χ0) is 13.7. The van der Waals surface area contributed by atoms with Crippen LogP contribution in [0.25, 0.3) is 0 Å². The van der Waals surface area contributed by atoms with Crippen LogP contribution in [-0.4, -0.2) is 22.0 Å². The van der Waals surface area contributed by atoms with E-state index in [1.807, 2.05) is 19.1 Å². The number of hydrogen-bond acceptors (Lipinski definition) is 2. The van der Waals surface area contributed by atoms with E-state index >= 15 is 0 Å². The maximum atomic E-state index is 12.5. The van der Waals surface area contributed by atoms with Gasteiger partial charge in [0.05, 0.1) is 10.8 Å². The SMILES string of the molecule is CCNC(C)CC(C)S(=O)c1ccc(C)cc1C. The molecule has 0 heterocycles. The minimum Gasteiger partial charge on any atom is -0.314 e. The van der Waals surface area contributed by atoms with Crippen LogP contribution in [0.5, 0.6) is 0 Å². The van der Waals surface area contributed by atoms with E-state index in [9.17, 15) is 4.21 Å². The van der Waals surface area contributed by atoms with Gasteiger partial charge in [-0.2, -0.15) is 0 Å². The monoisotopic (exact) mass is 267 g/mol. The standard InChI is InChI=1S/C15H25NOS/c1-6-16-13(4)10-14(5)18(17)15-8-7-11(2)9-12(15)3/h7-9,13-14,16H,6,10H2,1-5H3. The van der Waals surface area contributed by atoms with E-state index in [1.165, 1.54) is 5.56 Å². The Labute approximate surface area is 114 Å². The summed E-state index contributed by atoms with van der Waals surface area (Å²) >= 11 is 0. The molecule has 0 saturated heterocycles. The van der Waals surface area contributed by atoms with Crippen LogP contribution in [0.15, 0.2) is 23.1 Å². The molecule has 102 valence electrons. The zero-order valence-corrected chi connectivity index (χ0v) is 12.9. The van der Waals surface area contributed by atoms with Gasteiger partial charge < -0.3 is 5.32 Å². The molecule has 0 amide bonds. The first-order valence-corrected chi connectivity index (χ1v) is 7.88. The predicted molar refractivity (Wildman–Crippen MR) is 79.5 cm³/mol. The minimum atomic E-state index is -0.912. The molecule has 3 heteroatoms. The molecule has 1 aromatic carbocycles. The zero-order valence-electron chi connectivity index (χ0n) is 12.1. The summed E-state index contributed by atoms with van der Waals surface area (Å²) in [5.74, 6) is 0. The summed E-state index contributed by atoms with van der Waals surface area (Å²) in [6.07, 6.45) is 0.938. The fraction of sp³-hybridized carbons (Fsp3) is 0.600. The van der Waals surface area contributed by atoms with Gasteiger partial charge in [-0.25, -0.2) is 0 Å². The van der Waals surface area contributed by atoms with Crippen molar-refractivity contribution in [1.82, 2.24) is 5.32 Å². The lowest BCUT2D eigenvalue weighted by molar-refractivity contribution is 0.524. The van der Waals surface area contributed by atoms with Gasteiger partial charge in [-0.3, -0.25) is 4.21 Å². The van der Waals surface area contributed by atoms with Gasteiger partial charge in [-0.05, 0) is 45.4 Å². The average molecular weight is 267 g/mol. The van der Waals surface area contributed by atoms with E-state index < -0.39 is 10.8 Å². The highest BCUT2D eigenvalue weighted by molar-refractivity contribution is 7.85. The first-order chi connectivity index (χ1) is 8.45. The van der Waals surface area contributed by atoms with Gasteiger partial charge in [0.15, 0.2) is 0 Å². The molecule has 18 heavy (non-hydrogen) atoms. The first-order valence-electron chi connectivity index (χ1n) is 6.67. The fourth-order valence-electron chi connectivity index (χ4n) is 2.26. The molecule has 2 nitrogen and oxygen atoms in total. The molecule has 0 bridgehead atoms. The smallest absolute Gasteiger partial charge is 0.0561 e. The predicted octanol–water partition coefficient (Wildman–Crippen LogP) is 3.19. The highest BCUT2D eigenvalue weighted by Crippen LogP contribution is 2.19. The second kappa shape index (κ2) is 7.05. The Morgan fingerprint density at radius 1 is 1.28 bits per heavy atom. The number of aryl methyl sites for hydroxylation is 2. The molecule has 0 fully saturated rings. The topological polar surface area (TPSA) is 29.1 Å². The molecule has 1 N–H and O–H groups in total. The van der Waals surface area contributed by atoms with Crippen LogP contribution in [0.4, 0.5) is 0 Å². The van der Waals surface area contributed by atoms with Crippen LogP contribution in [0, 0.1) is 13.8 Å². The van der Waals surface area contributed by atoms with Crippen molar-refractivity contribution in [3.05, 3.63) is 29.3 Å². The first kappa shape index (κ1) is 15.4. The van der Waals surface area contributed by atoms with Gasteiger partial charge in [0.25, 0.3) is 0 Å². The third-order valence-electron chi connectivity index (χ3n) is 3.15. The van der Waals surface area contributed by atoms with Crippen molar-refractivity contribution in [3.8, 4) is 0 Å². The molecule has 1 aromatic rings. The summed E-state index contributed by atoms with van der Waals surface area (Å²) in [5.41, 5.74) is 2.36. The summed E-state index contributed by atoms with van der Waals surface area (Å²) in [6.45, 7) is 11.4. The van der Waals surface area contributed by atoms with Crippen molar-refractivity contribution in [3.63, 3.8) is 0 Å². The summed E-state index contributed by atoms with van der Waals surface area (Å²) in [7, 11) is -0.912. The van der Waals surface area contributed by atoms with Crippen molar-refractivity contribution >= 4 is 10.8 Å². The average Bonchev–Trinajstić information content (AvgIpc) is 2.28. The normalized spacial score (nSPS) is 16.3. The lowest BCUT2D eigenvalue weighted by Gasteiger charge is -2.18. The number of benzene rings is 1. The summed E-state index contributed by atoms with van der Waals surface area (Å²) in [5, 5.41) is 3.55. The molecular weight excluding hydrogens is 242 g/mol. The van der Waals surface area contributed by atoms with Gasteiger partial charge in [-0.1, -0.05) is 31.5 Å². The molecule has 0 aliphatic rings. The highest BCUT2D eigenvalue weighted by Gasteiger charge is 2.17. The molecule has 1 rings (SSSR count). The molecule has 0 aliphatic carbocycles. The third kappa shape index (κ3) is 4.21. The summed E-state index contributed by atoms with van der Waals surface area (Å²) in [4.78, 5) is 0.983. The summed E-state index contributed by atoms with van der Waals surface area (Å²) < 4.78 is 12.5. The Morgan fingerprint density at radius 3 is 2.50 bits per heavy atom. The number of rotatable bonds is 6. The Kier molecular flexibility index (Phi) is 6.03. The summed E-state index contributed by atoms with van der Waals surface area (Å²) in [6, 6.07) is 6.57. The third-order valence-corrected chi connectivity index (χ3v) is 4.97. The van der Waals surface area contributed by atoms with Crippen molar-refractivity contribution < 1.29 is 4.21 Å². The van der Waals surface area contributed by atoms with E-state index in [1.54, 1.807) is 0 Å². The van der Waals surface area contributed by atoms with E-state index in [2.05, 4.69) is 39.1 Å². The van der Waals surface area contributed by atoms with Gasteiger partial charge in [-0.15, -0.1) is 0 Å². The van der Waals surface area contributed by atoms with Crippen LogP contribution in [0.2, 0.25) is 0 Å². The van der Waals surface area contributed by atoms with Crippen LogP contribution < -0.4 is 5.32 Å². The van der Waals surface area contributed by atoms with E-state index in [-0.39, 0.29) is 5.25 Å². The molecule has 0 aliphatic heterocycles. The van der Waals surface area contributed by atoms with Crippen molar-refractivity contribution in [2.75, 3.05) is 6.54 Å². The maximum absolute atomic E-state index is 12.5. The molecular formula is C15H25NOS. The second-order valence-electron chi connectivity index (χ2n) is 5.07. The Bertz CT molecular complexity index is 417. The van der Waals surface area contributed by atoms with Crippen LogP contribution in [0.1, 0.15) is 38.3 Å². The molecule has 0 spiro atoms. The molecule has 0 saturated carbocycles. The van der Waals surface area contributed by atoms with E-state index in [0.29, 0.717) is 6.04 Å². The molecule has 0 aromatic heterocycles. The van der Waals surface area contributed by atoms with Crippen molar-refractivity contribution in [1.29, 1.82) is 0 Å². The Hall–Kier alpha value is -0.670. The Balaban J connectivity index is 2.74. The molecule has 3 atom stereocenters. The lowest BCUT2D eigenvalue weighted by Crippen LogP contribution is -2.30. The second-order valence-corrected chi connectivity index (χ2v) is 6.91. The Morgan fingerprint density at radius 2 is 1.94 bits per heavy atom. The van der Waals surface area contributed by atoms with Gasteiger partial charge >= 0.3 is 0 Å². The van der Waals surface area contributed by atoms with Gasteiger partial charge in [0.2, 0.25) is 0 Å². The molecule has 3 unspecified atom stereocenters. The number of nitrogens with one attached hydrogen (secondary N) is 1. The van der Waals surface area contributed by atoms with Crippen LogP contribution in [0.3, 0.4) is 0 Å². The van der Waals surface area contributed by atoms with Gasteiger partial charge in [0, 0.05) is 16.2 Å². The van der Waals surface area contributed by atoms with Gasteiger partial charge in [0.1, 0.15) is 0 Å². The van der Waals surface area contributed by atoms with E-state index in [4.69, 9.17) is 0 Å². The van der Waals surface area contributed by atoms with E-state index in [0.717, 1.165) is 23.4 Å². The van der Waals surface area contributed by atoms with Crippen molar-refractivity contribution in [2.24, 2.45) is 0 Å². The minimum absolute atomic E-state index is 0.181. The largest absolute Gasteiger partial charge is 0.314 e. The van der Waals surface area contributed by atoms with Crippen LogP contribution >= 0.6 is 0 Å². The maximum Gasteiger partial charge on any atom is 0.0561 e. The van der Waals surface area contributed by atoms with Crippen molar-refractivity contribution in [2.45, 2.75) is 57.2 Å². The lowest BCUT2D eigenvalue weighted by atomic mass is 10.2. The van der Waals surface area contributed by atoms with Crippen LogP contribution in [-0.2, 0) is 10.8 Å².